The number of alkyl carbamates (subject to hydrolysis) is 1. The van der Waals surface area contributed by atoms with E-state index in [9.17, 15) is 23.1 Å². The highest BCUT2D eigenvalue weighted by atomic mass is 32.2. The molecule has 2 fully saturated rings. The summed E-state index contributed by atoms with van der Waals surface area (Å²) in [6.07, 6.45) is -1.90. The molecule has 0 spiro atoms. The first-order chi connectivity index (χ1) is 22.4. The molecule has 0 aromatic heterocycles. The third-order valence-corrected chi connectivity index (χ3v) is 10.9. The van der Waals surface area contributed by atoms with Crippen LogP contribution in [0.3, 0.4) is 0 Å². The summed E-state index contributed by atoms with van der Waals surface area (Å²) in [5.41, 5.74) is 3.06. The van der Waals surface area contributed by atoms with E-state index < -0.39 is 34.4 Å². The minimum atomic E-state index is -4.14. The molecule has 3 heterocycles. The van der Waals surface area contributed by atoms with Crippen LogP contribution in [0.1, 0.15) is 45.2 Å². The summed E-state index contributed by atoms with van der Waals surface area (Å²) >= 11 is 0. The number of aliphatic hydroxyl groups excluding tert-OH is 1. The Morgan fingerprint density at radius 2 is 1.89 bits per heavy atom. The molecular weight excluding hydrogens is 624 g/mol. The van der Waals surface area contributed by atoms with Gasteiger partial charge in [0, 0.05) is 43.6 Å². The fourth-order valence-electron chi connectivity index (χ4n) is 6.28. The number of sulfonamides is 1. The van der Waals surface area contributed by atoms with E-state index in [1.54, 1.807) is 6.07 Å². The molecule has 3 aliphatic heterocycles. The Labute approximate surface area is 277 Å². The molecule has 256 valence electrons. The van der Waals surface area contributed by atoms with Crippen LogP contribution < -0.4 is 10.6 Å². The Hall–Kier alpha value is -3.49. The number of carbonyl (C=O) groups excluding carboxylic acids is 2. The first-order valence-electron chi connectivity index (χ1n) is 16.2. The third-order valence-electron chi connectivity index (χ3n) is 9.05. The lowest BCUT2D eigenvalue weighted by molar-refractivity contribution is -0.110. The number of nitrogens with one attached hydrogen (secondary N) is 2. The molecule has 0 radical (unpaired) electrons. The maximum Gasteiger partial charge on any atom is 0.407 e. The summed E-state index contributed by atoms with van der Waals surface area (Å²) in [5.74, 6) is -0.409. The van der Waals surface area contributed by atoms with Crippen molar-refractivity contribution >= 4 is 33.3 Å². The number of hydrogen-bond acceptors (Lipinski definition) is 9. The zero-order valence-corrected chi connectivity index (χ0v) is 28.5. The molecule has 12 nitrogen and oxygen atoms in total. The van der Waals surface area contributed by atoms with Gasteiger partial charge in [-0.2, -0.15) is 4.31 Å². The number of carbonyl (C=O) groups is 2. The monoisotopic (exact) mass is 670 g/mol. The van der Waals surface area contributed by atoms with E-state index in [-0.39, 0.29) is 55.0 Å². The lowest BCUT2D eigenvalue weighted by Gasteiger charge is -2.31. The summed E-state index contributed by atoms with van der Waals surface area (Å²) in [6, 6.07) is 13.1. The Morgan fingerprint density at radius 3 is 2.60 bits per heavy atom. The van der Waals surface area contributed by atoms with Crippen molar-refractivity contribution in [2.24, 2.45) is 11.8 Å². The van der Waals surface area contributed by atoms with Gasteiger partial charge in [-0.3, -0.25) is 4.79 Å². The molecule has 3 aliphatic rings. The van der Waals surface area contributed by atoms with E-state index in [2.05, 4.69) is 10.6 Å². The Morgan fingerprint density at radius 1 is 1.15 bits per heavy atom. The van der Waals surface area contributed by atoms with Crippen LogP contribution in [0, 0.1) is 11.8 Å². The molecule has 2 aromatic rings. The third kappa shape index (κ3) is 7.81. The van der Waals surface area contributed by atoms with Crippen molar-refractivity contribution in [3.63, 3.8) is 0 Å². The Kier molecular flexibility index (Phi) is 10.9. The van der Waals surface area contributed by atoms with Gasteiger partial charge in [0.05, 0.1) is 41.7 Å². The molecule has 2 amide bonds. The Balaban J connectivity index is 1.39. The van der Waals surface area contributed by atoms with Crippen LogP contribution in [0.2, 0.25) is 0 Å². The van der Waals surface area contributed by atoms with E-state index in [1.807, 2.05) is 70.0 Å². The van der Waals surface area contributed by atoms with Gasteiger partial charge >= 0.3 is 6.09 Å². The van der Waals surface area contributed by atoms with Gasteiger partial charge in [0.25, 0.3) is 5.91 Å². The first kappa shape index (κ1) is 34.8. The fourth-order valence-corrected chi connectivity index (χ4v) is 7.93. The van der Waals surface area contributed by atoms with Crippen molar-refractivity contribution in [1.82, 2.24) is 14.5 Å². The van der Waals surface area contributed by atoms with E-state index >= 15 is 0 Å². The molecule has 5 atom stereocenters. The van der Waals surface area contributed by atoms with E-state index in [0.717, 1.165) is 17.7 Å². The molecule has 13 heteroatoms. The fraction of sp³-hybridized carbons (Fsp3) is 0.529. The number of benzene rings is 2. The molecule has 5 unspecified atom stereocenters. The normalized spacial score (nSPS) is 22.9. The largest absolute Gasteiger partial charge is 0.443 e. The van der Waals surface area contributed by atoms with Crippen LogP contribution in [0.4, 0.5) is 10.5 Å². The zero-order valence-electron chi connectivity index (χ0n) is 27.6. The van der Waals surface area contributed by atoms with Gasteiger partial charge in [-0.15, -0.1) is 0 Å². The minimum Gasteiger partial charge on any atom is -0.443 e. The van der Waals surface area contributed by atoms with Crippen molar-refractivity contribution < 1.29 is 37.3 Å². The van der Waals surface area contributed by atoms with Crippen molar-refractivity contribution in [2.45, 2.75) is 70.0 Å². The van der Waals surface area contributed by atoms with Crippen LogP contribution in [0.5, 0.6) is 0 Å². The zero-order chi connectivity index (χ0) is 33.9. The quantitative estimate of drug-likeness (QED) is 0.273. The highest BCUT2D eigenvalue weighted by Crippen LogP contribution is 2.37. The van der Waals surface area contributed by atoms with E-state index in [4.69, 9.17) is 14.2 Å². The summed E-state index contributed by atoms with van der Waals surface area (Å²) in [7, 11) is -2.27. The summed E-state index contributed by atoms with van der Waals surface area (Å²) < 4.78 is 46.6. The SMILES string of the molecule is CCN(C)/C(C)=C1\C(=O)Nc2ccc(S(=O)(=O)N(CC(C)C)CC(O)C(Cc3ccccc3)NC(=O)OC3COC4OCCC34)cc21. The Bertz CT molecular complexity index is 1580. The first-order valence-corrected chi connectivity index (χ1v) is 17.6. The maximum atomic E-state index is 14.2. The topological polar surface area (TPSA) is 147 Å². The van der Waals surface area contributed by atoms with Gasteiger partial charge in [0.15, 0.2) is 6.29 Å². The van der Waals surface area contributed by atoms with Gasteiger partial charge in [-0.1, -0.05) is 44.2 Å². The minimum absolute atomic E-state index is 0.00611. The number of anilines is 1. The lowest BCUT2D eigenvalue weighted by atomic mass is 10.0. The van der Waals surface area contributed by atoms with Crippen LogP contribution >= 0.6 is 0 Å². The second-order valence-electron chi connectivity index (χ2n) is 12.8. The maximum absolute atomic E-state index is 14.2. The van der Waals surface area contributed by atoms with Crippen molar-refractivity contribution in [2.75, 3.05) is 45.2 Å². The van der Waals surface area contributed by atoms with Gasteiger partial charge in [0.1, 0.15) is 6.10 Å². The number of fused-ring (bicyclic) bond motifs is 2. The number of nitrogens with zero attached hydrogens (tertiary/aromatic N) is 2. The van der Waals surface area contributed by atoms with Crippen LogP contribution in [-0.2, 0) is 35.4 Å². The predicted octanol–water partition coefficient (Wildman–Crippen LogP) is 3.43. The van der Waals surface area contributed by atoms with Gasteiger partial charge in [0.2, 0.25) is 10.0 Å². The van der Waals surface area contributed by atoms with Crippen LogP contribution in [0.15, 0.2) is 59.1 Å². The molecule has 2 saturated heterocycles. The second kappa shape index (κ2) is 14.7. The molecule has 47 heavy (non-hydrogen) atoms. The van der Waals surface area contributed by atoms with E-state index in [1.165, 1.54) is 16.4 Å². The lowest BCUT2D eigenvalue weighted by Crippen LogP contribution is -2.51. The molecule has 0 saturated carbocycles. The second-order valence-corrected chi connectivity index (χ2v) is 14.8. The van der Waals surface area contributed by atoms with Crippen molar-refractivity contribution in [3.05, 3.63) is 65.4 Å². The molecule has 0 bridgehead atoms. The smallest absolute Gasteiger partial charge is 0.407 e. The summed E-state index contributed by atoms with van der Waals surface area (Å²) in [5, 5.41) is 17.3. The van der Waals surface area contributed by atoms with Gasteiger partial charge in [-0.05, 0) is 56.4 Å². The number of amides is 2. The molecule has 5 rings (SSSR count). The average molecular weight is 671 g/mol. The number of rotatable bonds is 13. The van der Waals surface area contributed by atoms with Gasteiger partial charge < -0.3 is 34.9 Å². The number of ether oxygens (including phenoxy) is 3. The van der Waals surface area contributed by atoms with Crippen molar-refractivity contribution in [1.29, 1.82) is 0 Å². The highest BCUT2D eigenvalue weighted by molar-refractivity contribution is 7.89. The standard InChI is InChI=1S/C34H46N4O8S/c1-6-37(5)22(4)31-26-17-24(12-13-27(26)35-32(31)40)47(42,43)38(18-21(2)3)19-29(39)28(16-23-10-8-7-9-11-23)36-34(41)46-30-20-45-33-25(30)14-15-44-33/h7-13,17,21,25,28-30,33,39H,6,14-16,18-20H2,1-5H3,(H,35,40)(H,36,41)/b31-22-. The van der Waals surface area contributed by atoms with E-state index in [0.29, 0.717) is 30.0 Å². The highest BCUT2D eigenvalue weighted by Gasteiger charge is 2.44. The number of aliphatic hydroxyl groups is 1. The van der Waals surface area contributed by atoms with Crippen LogP contribution in [0.25, 0.3) is 5.57 Å². The van der Waals surface area contributed by atoms with Gasteiger partial charge in [-0.25, -0.2) is 13.2 Å². The predicted molar refractivity (Wildman–Crippen MR) is 177 cm³/mol. The number of hydrogen-bond donors (Lipinski definition) is 3. The molecule has 2 aromatic carbocycles. The van der Waals surface area contributed by atoms with Crippen molar-refractivity contribution in [3.8, 4) is 0 Å². The molecule has 3 N–H and O–H groups in total. The summed E-state index contributed by atoms with van der Waals surface area (Å²) in [6.45, 7) is 8.87. The number of allylic oxidation sites excluding steroid dienone is 1. The average Bonchev–Trinajstić information content (AvgIpc) is 3.74. The summed E-state index contributed by atoms with van der Waals surface area (Å²) in [4.78, 5) is 28.0. The molecule has 0 aliphatic carbocycles. The van der Waals surface area contributed by atoms with Crippen LogP contribution in [-0.4, -0.2) is 99.2 Å². The molecular formula is C34H46N4O8S.